The van der Waals surface area contributed by atoms with Crippen LogP contribution in [0.1, 0.15) is 15.9 Å². The summed E-state index contributed by atoms with van der Waals surface area (Å²) in [4.78, 5) is 41.8. The highest BCUT2D eigenvalue weighted by Crippen LogP contribution is 2.17. The van der Waals surface area contributed by atoms with Crippen molar-refractivity contribution in [2.75, 3.05) is 11.5 Å². The zero-order valence-electron chi connectivity index (χ0n) is 15.0. The Balaban J connectivity index is 1.97. The van der Waals surface area contributed by atoms with Gasteiger partial charge in [-0.2, -0.15) is 0 Å². The smallest absolute Gasteiger partial charge is 0.332 e. The third-order valence-corrected chi connectivity index (χ3v) is 5.21. The number of anilines is 1. The quantitative estimate of drug-likeness (QED) is 0.499. The van der Waals surface area contributed by atoms with Crippen LogP contribution in [-0.2, 0) is 20.6 Å². The number of Topliss-reactive ketones (excluding diaryl/α,β-unsaturated/α-hetero) is 1. The second kappa shape index (κ2) is 7.67. The van der Waals surface area contributed by atoms with Gasteiger partial charge < -0.3 is 10.3 Å². The Hall–Kier alpha value is -3.07. The Bertz CT molecular complexity index is 1100. The molecule has 140 valence electrons. The van der Waals surface area contributed by atoms with Crippen LogP contribution in [0.3, 0.4) is 0 Å². The lowest BCUT2D eigenvalue weighted by Gasteiger charge is -2.14. The summed E-state index contributed by atoms with van der Waals surface area (Å²) >= 11 is 1.21. The molecule has 0 bridgehead atoms. The molecule has 3 rings (SSSR count). The summed E-state index contributed by atoms with van der Waals surface area (Å²) in [6.07, 6.45) is 3.39. The van der Waals surface area contributed by atoms with Crippen LogP contribution in [0.2, 0.25) is 0 Å². The van der Waals surface area contributed by atoms with Crippen molar-refractivity contribution in [2.45, 2.75) is 11.7 Å². The van der Waals surface area contributed by atoms with Crippen LogP contribution in [0.15, 0.2) is 57.5 Å². The summed E-state index contributed by atoms with van der Waals surface area (Å²) in [5.41, 5.74) is 5.50. The molecule has 0 aliphatic carbocycles. The number of aryl methyl sites for hydroxylation is 1. The van der Waals surface area contributed by atoms with Gasteiger partial charge in [-0.25, -0.2) is 9.78 Å². The van der Waals surface area contributed by atoms with Crippen molar-refractivity contribution in [1.82, 2.24) is 18.7 Å². The van der Waals surface area contributed by atoms with Crippen LogP contribution in [-0.4, -0.2) is 30.2 Å². The molecule has 0 radical (unpaired) electrons. The van der Waals surface area contributed by atoms with E-state index in [9.17, 15) is 14.4 Å². The van der Waals surface area contributed by atoms with Gasteiger partial charge in [0.2, 0.25) is 0 Å². The van der Waals surface area contributed by atoms with Gasteiger partial charge in [-0.3, -0.25) is 18.7 Å². The van der Waals surface area contributed by atoms with Crippen molar-refractivity contribution >= 4 is 23.4 Å². The van der Waals surface area contributed by atoms with Crippen LogP contribution in [0.5, 0.6) is 0 Å². The predicted molar refractivity (Wildman–Crippen MR) is 104 cm³/mol. The van der Waals surface area contributed by atoms with Crippen molar-refractivity contribution in [3.63, 3.8) is 0 Å². The van der Waals surface area contributed by atoms with Gasteiger partial charge in [0.25, 0.3) is 5.56 Å². The molecule has 0 amide bonds. The number of hydrogen-bond donors (Lipinski definition) is 1. The van der Waals surface area contributed by atoms with Gasteiger partial charge in [0.1, 0.15) is 11.4 Å². The number of carbonyl (C=O) groups is 1. The molecule has 2 N–H and O–H groups in total. The van der Waals surface area contributed by atoms with E-state index < -0.39 is 17.0 Å². The summed E-state index contributed by atoms with van der Waals surface area (Å²) in [5, 5.41) is 0.649. The Morgan fingerprint density at radius 1 is 1.19 bits per heavy atom. The first-order valence-electron chi connectivity index (χ1n) is 8.16. The molecule has 0 atom stereocenters. The molecule has 0 aliphatic rings. The van der Waals surface area contributed by atoms with Gasteiger partial charge in [-0.15, -0.1) is 0 Å². The molecular formula is C18H19N5O3S. The first kappa shape index (κ1) is 18.7. The second-order valence-electron chi connectivity index (χ2n) is 6.01. The zero-order chi connectivity index (χ0) is 19.6. The zero-order valence-corrected chi connectivity index (χ0v) is 15.8. The van der Waals surface area contributed by atoms with Gasteiger partial charge in [0, 0.05) is 26.5 Å². The van der Waals surface area contributed by atoms with Gasteiger partial charge in [-0.1, -0.05) is 42.1 Å². The fraction of sp³-hybridized carbons (Fsp3) is 0.222. The number of nitrogens with two attached hydrogens (primary N) is 1. The molecule has 2 aromatic heterocycles. The minimum atomic E-state index is -0.688. The summed E-state index contributed by atoms with van der Waals surface area (Å²) in [6.45, 7) is 0.173. The first-order valence-corrected chi connectivity index (χ1v) is 9.15. The van der Waals surface area contributed by atoms with Crippen molar-refractivity contribution in [2.24, 2.45) is 14.1 Å². The largest absolute Gasteiger partial charge is 0.384 e. The lowest BCUT2D eigenvalue weighted by Crippen LogP contribution is -2.43. The summed E-state index contributed by atoms with van der Waals surface area (Å²) in [7, 11) is 3.15. The lowest BCUT2D eigenvalue weighted by molar-refractivity contribution is 0.102. The van der Waals surface area contributed by atoms with E-state index in [2.05, 4.69) is 4.98 Å². The molecule has 27 heavy (non-hydrogen) atoms. The highest BCUT2D eigenvalue weighted by molar-refractivity contribution is 7.99. The number of imidazole rings is 1. The predicted octanol–water partition coefficient (Wildman–Crippen LogP) is 0.886. The number of rotatable bonds is 6. The average molecular weight is 385 g/mol. The number of carbonyl (C=O) groups excluding carboxylic acids is 1. The Morgan fingerprint density at radius 3 is 2.52 bits per heavy atom. The summed E-state index contributed by atoms with van der Waals surface area (Å²) in [5.74, 6) is -0.561. The molecule has 1 aromatic carbocycles. The highest BCUT2D eigenvalue weighted by atomic mass is 32.2. The van der Waals surface area contributed by atoms with Crippen molar-refractivity contribution in [3.05, 3.63) is 74.7 Å². The molecule has 9 heteroatoms. The molecule has 0 spiro atoms. The van der Waals surface area contributed by atoms with E-state index in [0.717, 1.165) is 10.1 Å². The van der Waals surface area contributed by atoms with E-state index in [1.54, 1.807) is 17.0 Å². The monoisotopic (exact) mass is 385 g/mol. The van der Waals surface area contributed by atoms with Crippen molar-refractivity contribution in [1.29, 1.82) is 0 Å². The maximum Gasteiger partial charge on any atom is 0.332 e. The fourth-order valence-corrected chi connectivity index (χ4v) is 3.46. The van der Waals surface area contributed by atoms with E-state index in [1.807, 2.05) is 37.4 Å². The summed E-state index contributed by atoms with van der Waals surface area (Å²) < 4.78 is 3.93. The van der Waals surface area contributed by atoms with Gasteiger partial charge >= 0.3 is 5.69 Å². The summed E-state index contributed by atoms with van der Waals surface area (Å²) in [6, 6.07) is 9.23. The number of nitrogen functional groups attached to an aromatic ring is 1. The number of hydrogen-bond acceptors (Lipinski definition) is 6. The number of aromatic nitrogens is 4. The second-order valence-corrected chi connectivity index (χ2v) is 6.95. The third-order valence-electron chi connectivity index (χ3n) is 4.15. The fourth-order valence-electron chi connectivity index (χ4n) is 2.66. The number of nitrogens with zero attached hydrogens (tertiary/aromatic N) is 4. The standard InChI is InChI=1S/C18H19N5O3S/c1-21-9-8-20-17(21)27-11-13(24)14-15(19)23(18(26)22(2)16(14)25)10-12-6-4-3-5-7-12/h3-9H,10-11,19H2,1-2H3. The van der Waals surface area contributed by atoms with Gasteiger partial charge in [0.05, 0.1) is 12.3 Å². The minimum absolute atomic E-state index is 0.00612. The molecule has 0 saturated carbocycles. The van der Waals surface area contributed by atoms with Crippen LogP contribution in [0, 0.1) is 0 Å². The van der Waals surface area contributed by atoms with Gasteiger partial charge in [0.15, 0.2) is 10.9 Å². The molecule has 0 saturated heterocycles. The number of thioether (sulfide) groups is 1. The van der Waals surface area contributed by atoms with E-state index in [0.29, 0.717) is 5.16 Å². The van der Waals surface area contributed by atoms with Crippen LogP contribution >= 0.6 is 11.8 Å². The maximum atomic E-state index is 12.7. The molecule has 0 fully saturated rings. The third kappa shape index (κ3) is 3.72. The average Bonchev–Trinajstić information content (AvgIpc) is 3.08. The maximum absolute atomic E-state index is 12.7. The first-order chi connectivity index (χ1) is 12.9. The van der Waals surface area contributed by atoms with E-state index in [1.165, 1.54) is 23.4 Å². The van der Waals surface area contributed by atoms with E-state index in [4.69, 9.17) is 5.73 Å². The van der Waals surface area contributed by atoms with Crippen LogP contribution in [0.4, 0.5) is 5.82 Å². The molecule has 2 heterocycles. The lowest BCUT2D eigenvalue weighted by atomic mass is 10.2. The molecule has 0 unspecified atom stereocenters. The number of ketones is 1. The topological polar surface area (TPSA) is 105 Å². The van der Waals surface area contributed by atoms with Crippen LogP contribution in [0.25, 0.3) is 0 Å². The highest BCUT2D eigenvalue weighted by Gasteiger charge is 2.22. The van der Waals surface area contributed by atoms with E-state index in [-0.39, 0.29) is 23.7 Å². The Labute approximate surface area is 159 Å². The normalized spacial score (nSPS) is 10.9. The van der Waals surface area contributed by atoms with Crippen molar-refractivity contribution in [3.8, 4) is 0 Å². The minimum Gasteiger partial charge on any atom is -0.384 e. The van der Waals surface area contributed by atoms with Crippen molar-refractivity contribution < 1.29 is 4.79 Å². The molecular weight excluding hydrogens is 366 g/mol. The van der Waals surface area contributed by atoms with Crippen LogP contribution < -0.4 is 17.0 Å². The molecule has 0 aliphatic heterocycles. The molecule has 3 aromatic rings. The van der Waals surface area contributed by atoms with E-state index >= 15 is 0 Å². The Kier molecular flexibility index (Phi) is 5.31. The SMILES string of the molecule is Cn1ccnc1SCC(=O)c1c(N)n(Cc2ccccc2)c(=O)n(C)c1=O. The number of benzene rings is 1. The van der Waals surface area contributed by atoms with Gasteiger partial charge in [-0.05, 0) is 5.56 Å². The Morgan fingerprint density at radius 2 is 1.89 bits per heavy atom. The molecule has 8 nitrogen and oxygen atoms in total.